The van der Waals surface area contributed by atoms with Crippen molar-refractivity contribution in [3.05, 3.63) is 51.7 Å². The second-order valence-corrected chi connectivity index (χ2v) is 5.83. The number of para-hydroxylation sites is 1. The number of hydrogen-bond donors (Lipinski definition) is 1. The van der Waals surface area contributed by atoms with E-state index in [9.17, 15) is 0 Å². The Morgan fingerprint density at radius 3 is 3.05 bits per heavy atom. The number of rotatable bonds is 4. The molecule has 0 bridgehead atoms. The molecular weight excluding hydrogens is 254 g/mol. The Morgan fingerprint density at radius 1 is 1.32 bits per heavy atom. The summed E-state index contributed by atoms with van der Waals surface area (Å²) in [6, 6.07) is 8.41. The summed E-state index contributed by atoms with van der Waals surface area (Å²) in [6.07, 6.45) is 1.10. The average Bonchev–Trinajstić information content (AvgIpc) is 2.85. The van der Waals surface area contributed by atoms with Crippen LogP contribution in [0, 0.1) is 6.92 Å². The molecule has 0 saturated heterocycles. The molecule has 0 radical (unpaired) electrons. The van der Waals surface area contributed by atoms with Crippen LogP contribution in [0.1, 0.15) is 29.0 Å². The molecule has 2 nitrogen and oxygen atoms in total. The maximum absolute atomic E-state index is 5.70. The minimum Gasteiger partial charge on any atom is -0.493 e. The lowest BCUT2D eigenvalue weighted by Crippen LogP contribution is -2.25. The van der Waals surface area contributed by atoms with Gasteiger partial charge in [-0.3, -0.25) is 0 Å². The normalized spacial score (nSPS) is 17.8. The Hall–Kier alpha value is -1.32. The number of fused-ring (bicyclic) bond motifs is 1. The summed E-state index contributed by atoms with van der Waals surface area (Å²) in [4.78, 5) is 0. The van der Waals surface area contributed by atoms with Crippen LogP contribution in [0.5, 0.6) is 5.75 Å². The monoisotopic (exact) mass is 273 g/mol. The van der Waals surface area contributed by atoms with Gasteiger partial charge in [-0.05, 0) is 46.9 Å². The zero-order chi connectivity index (χ0) is 13.1. The van der Waals surface area contributed by atoms with Crippen molar-refractivity contribution in [2.75, 3.05) is 13.2 Å². The number of ether oxygens (including phenoxy) is 1. The summed E-state index contributed by atoms with van der Waals surface area (Å²) < 4.78 is 5.70. The predicted molar refractivity (Wildman–Crippen MR) is 80.1 cm³/mol. The molecule has 1 atom stereocenters. The number of aryl methyl sites for hydroxylation is 1. The van der Waals surface area contributed by atoms with Crippen LogP contribution in [0.4, 0.5) is 0 Å². The average molecular weight is 273 g/mol. The highest BCUT2D eigenvalue weighted by Gasteiger charge is 2.20. The van der Waals surface area contributed by atoms with E-state index in [1.54, 1.807) is 11.3 Å². The van der Waals surface area contributed by atoms with Crippen LogP contribution in [0.25, 0.3) is 0 Å². The molecule has 1 N–H and O–H groups in total. The molecule has 0 spiro atoms. The Balaban J connectivity index is 1.61. The standard InChI is InChI=1S/C16H19NOS/c1-12-10-19-11-14(12)9-17-8-13-6-7-18-16-5-3-2-4-15(13)16/h2-5,10-11,13,17H,6-9H2,1H3. The van der Waals surface area contributed by atoms with Gasteiger partial charge >= 0.3 is 0 Å². The SMILES string of the molecule is Cc1cscc1CNCC1CCOc2ccccc21. The van der Waals surface area contributed by atoms with Crippen molar-refractivity contribution in [2.24, 2.45) is 0 Å². The minimum atomic E-state index is 0.573. The fourth-order valence-corrected chi connectivity index (χ4v) is 3.43. The molecule has 19 heavy (non-hydrogen) atoms. The van der Waals surface area contributed by atoms with Crippen LogP contribution >= 0.6 is 11.3 Å². The first-order valence-electron chi connectivity index (χ1n) is 6.78. The highest BCUT2D eigenvalue weighted by molar-refractivity contribution is 7.08. The zero-order valence-corrected chi connectivity index (χ0v) is 12.0. The Bertz CT molecular complexity index is 549. The van der Waals surface area contributed by atoms with E-state index in [2.05, 4.69) is 41.2 Å². The third-order valence-electron chi connectivity index (χ3n) is 3.75. The maximum Gasteiger partial charge on any atom is 0.122 e. The molecule has 1 aliphatic rings. The molecule has 3 rings (SSSR count). The quantitative estimate of drug-likeness (QED) is 0.917. The van der Waals surface area contributed by atoms with E-state index in [0.29, 0.717) is 5.92 Å². The fourth-order valence-electron chi connectivity index (χ4n) is 2.58. The van der Waals surface area contributed by atoms with Gasteiger partial charge in [0, 0.05) is 19.0 Å². The van der Waals surface area contributed by atoms with Gasteiger partial charge in [-0.15, -0.1) is 0 Å². The summed E-state index contributed by atoms with van der Waals surface area (Å²) in [5, 5.41) is 8.04. The van der Waals surface area contributed by atoms with E-state index in [0.717, 1.165) is 31.9 Å². The number of nitrogens with one attached hydrogen (secondary N) is 1. The third kappa shape index (κ3) is 2.82. The molecule has 0 amide bonds. The highest BCUT2D eigenvalue weighted by Crippen LogP contribution is 2.32. The van der Waals surface area contributed by atoms with Crippen LogP contribution in [0.3, 0.4) is 0 Å². The number of hydrogen-bond acceptors (Lipinski definition) is 3. The van der Waals surface area contributed by atoms with E-state index in [-0.39, 0.29) is 0 Å². The van der Waals surface area contributed by atoms with Gasteiger partial charge in [0.2, 0.25) is 0 Å². The number of benzene rings is 1. The Labute approximate surface area is 118 Å². The second-order valence-electron chi connectivity index (χ2n) is 5.08. The van der Waals surface area contributed by atoms with Crippen molar-refractivity contribution in [3.63, 3.8) is 0 Å². The summed E-state index contributed by atoms with van der Waals surface area (Å²) in [5.74, 6) is 1.64. The molecule has 2 heterocycles. The first-order valence-corrected chi connectivity index (χ1v) is 7.73. The van der Waals surface area contributed by atoms with Crippen molar-refractivity contribution in [3.8, 4) is 5.75 Å². The van der Waals surface area contributed by atoms with Gasteiger partial charge in [-0.1, -0.05) is 18.2 Å². The maximum atomic E-state index is 5.70. The van der Waals surface area contributed by atoms with E-state index in [1.165, 1.54) is 16.7 Å². The van der Waals surface area contributed by atoms with Crippen molar-refractivity contribution in [1.29, 1.82) is 0 Å². The fraction of sp³-hybridized carbons (Fsp3) is 0.375. The third-order valence-corrected chi connectivity index (χ3v) is 4.66. The van der Waals surface area contributed by atoms with Crippen molar-refractivity contribution >= 4 is 11.3 Å². The Morgan fingerprint density at radius 2 is 2.21 bits per heavy atom. The van der Waals surface area contributed by atoms with Crippen molar-refractivity contribution < 1.29 is 4.74 Å². The van der Waals surface area contributed by atoms with Gasteiger partial charge in [-0.25, -0.2) is 0 Å². The lowest BCUT2D eigenvalue weighted by atomic mass is 9.93. The summed E-state index contributed by atoms with van der Waals surface area (Å²) >= 11 is 1.78. The molecule has 1 unspecified atom stereocenters. The van der Waals surface area contributed by atoms with Gasteiger partial charge in [-0.2, -0.15) is 11.3 Å². The second kappa shape index (κ2) is 5.76. The van der Waals surface area contributed by atoms with E-state index in [4.69, 9.17) is 4.74 Å². The predicted octanol–water partition coefficient (Wildman–Crippen LogP) is 3.71. The first kappa shape index (κ1) is 12.7. The first-order chi connectivity index (χ1) is 9.34. The van der Waals surface area contributed by atoms with E-state index < -0.39 is 0 Å². The molecular formula is C16H19NOS. The zero-order valence-electron chi connectivity index (χ0n) is 11.2. The highest BCUT2D eigenvalue weighted by atomic mass is 32.1. The molecule has 1 aromatic carbocycles. The molecule has 100 valence electrons. The summed E-state index contributed by atoms with van der Waals surface area (Å²) in [5.41, 5.74) is 4.17. The number of thiophene rings is 1. The molecule has 0 saturated carbocycles. The topological polar surface area (TPSA) is 21.3 Å². The van der Waals surface area contributed by atoms with Gasteiger partial charge < -0.3 is 10.1 Å². The molecule has 2 aromatic rings. The van der Waals surface area contributed by atoms with Gasteiger partial charge in [0.25, 0.3) is 0 Å². The smallest absolute Gasteiger partial charge is 0.122 e. The van der Waals surface area contributed by atoms with Crippen LogP contribution in [0.2, 0.25) is 0 Å². The molecule has 0 fully saturated rings. The molecule has 3 heteroatoms. The largest absolute Gasteiger partial charge is 0.493 e. The van der Waals surface area contributed by atoms with E-state index >= 15 is 0 Å². The lowest BCUT2D eigenvalue weighted by molar-refractivity contribution is 0.264. The summed E-state index contributed by atoms with van der Waals surface area (Å²) in [6.45, 7) is 5.00. The van der Waals surface area contributed by atoms with Crippen LogP contribution in [0.15, 0.2) is 35.0 Å². The molecule has 1 aliphatic heterocycles. The summed E-state index contributed by atoms with van der Waals surface area (Å²) in [7, 11) is 0. The minimum absolute atomic E-state index is 0.573. The van der Waals surface area contributed by atoms with E-state index in [1.807, 2.05) is 6.07 Å². The van der Waals surface area contributed by atoms with Crippen molar-refractivity contribution in [2.45, 2.75) is 25.8 Å². The van der Waals surface area contributed by atoms with Crippen LogP contribution in [-0.2, 0) is 6.54 Å². The van der Waals surface area contributed by atoms with Crippen LogP contribution in [-0.4, -0.2) is 13.2 Å². The van der Waals surface area contributed by atoms with Crippen molar-refractivity contribution in [1.82, 2.24) is 5.32 Å². The molecule has 1 aromatic heterocycles. The van der Waals surface area contributed by atoms with Crippen LogP contribution < -0.4 is 10.1 Å². The molecule has 0 aliphatic carbocycles. The van der Waals surface area contributed by atoms with Gasteiger partial charge in [0.05, 0.1) is 6.61 Å². The van der Waals surface area contributed by atoms with Gasteiger partial charge in [0.15, 0.2) is 0 Å². The Kier molecular flexibility index (Phi) is 3.85. The van der Waals surface area contributed by atoms with Gasteiger partial charge in [0.1, 0.15) is 5.75 Å². The lowest BCUT2D eigenvalue weighted by Gasteiger charge is -2.26.